The summed E-state index contributed by atoms with van der Waals surface area (Å²) in [5.41, 5.74) is 0.734. The van der Waals surface area contributed by atoms with Gasteiger partial charge in [-0.15, -0.1) is 0 Å². The van der Waals surface area contributed by atoms with Gasteiger partial charge in [-0.1, -0.05) is 23.7 Å². The largest absolute Gasteiger partial charge is 0.469 e. The highest BCUT2D eigenvalue weighted by Gasteiger charge is 2.45. The lowest BCUT2D eigenvalue weighted by Gasteiger charge is -2.12. The fraction of sp³-hybridized carbons (Fsp3) is 0.312. The van der Waals surface area contributed by atoms with E-state index in [0.717, 1.165) is 17.7 Å². The molecule has 1 aliphatic carbocycles. The molecule has 3 unspecified atom stereocenters. The summed E-state index contributed by atoms with van der Waals surface area (Å²) in [6, 6.07) is 10.7. The molecule has 0 radical (unpaired) electrons. The molecule has 110 valence electrons. The molecule has 0 saturated heterocycles. The van der Waals surface area contributed by atoms with Crippen molar-refractivity contribution < 1.29 is 14.3 Å². The first kappa shape index (κ1) is 14.2. The first-order valence-electron chi connectivity index (χ1n) is 6.90. The van der Waals surface area contributed by atoms with Crippen molar-refractivity contribution in [2.75, 3.05) is 6.54 Å². The van der Waals surface area contributed by atoms with Crippen LogP contribution < -0.4 is 5.32 Å². The van der Waals surface area contributed by atoms with Crippen LogP contribution in [-0.4, -0.2) is 17.6 Å². The molecule has 1 aromatic carbocycles. The van der Waals surface area contributed by atoms with Gasteiger partial charge < -0.3 is 14.8 Å². The minimum Gasteiger partial charge on any atom is -0.469 e. The Labute approximate surface area is 127 Å². The molecule has 3 atom stereocenters. The number of halogens is 1. The van der Waals surface area contributed by atoms with Crippen LogP contribution in [0.4, 0.5) is 0 Å². The number of hydrogen-bond acceptors (Lipinski definition) is 3. The molecule has 2 N–H and O–H groups in total. The number of nitrogens with one attached hydrogen (secondary N) is 1. The third-order valence-electron chi connectivity index (χ3n) is 3.76. The third kappa shape index (κ3) is 3.28. The summed E-state index contributed by atoms with van der Waals surface area (Å²) in [7, 11) is 0. The van der Waals surface area contributed by atoms with Crippen LogP contribution in [0.3, 0.4) is 0 Å². The van der Waals surface area contributed by atoms with Gasteiger partial charge in [0.25, 0.3) is 0 Å². The lowest BCUT2D eigenvalue weighted by atomic mass is 10.1. The molecule has 1 saturated carbocycles. The Hall–Kier alpha value is -1.78. The van der Waals surface area contributed by atoms with Gasteiger partial charge in [0.05, 0.1) is 12.4 Å². The summed E-state index contributed by atoms with van der Waals surface area (Å²) in [6.07, 6.45) is 1.69. The molecule has 21 heavy (non-hydrogen) atoms. The lowest BCUT2D eigenvalue weighted by Crippen LogP contribution is -2.29. The molecule has 0 bridgehead atoms. The monoisotopic (exact) mass is 305 g/mol. The van der Waals surface area contributed by atoms with Gasteiger partial charge in [0, 0.05) is 23.4 Å². The van der Waals surface area contributed by atoms with Crippen molar-refractivity contribution in [1.29, 1.82) is 0 Å². The molecule has 0 aliphatic heterocycles. The molecule has 1 aromatic heterocycles. The highest BCUT2D eigenvalue weighted by Crippen LogP contribution is 2.47. The van der Waals surface area contributed by atoms with E-state index in [9.17, 15) is 9.90 Å². The van der Waals surface area contributed by atoms with E-state index in [0.29, 0.717) is 5.02 Å². The van der Waals surface area contributed by atoms with Gasteiger partial charge in [-0.2, -0.15) is 0 Å². The van der Waals surface area contributed by atoms with E-state index in [1.807, 2.05) is 12.1 Å². The molecular weight excluding hydrogens is 290 g/mol. The van der Waals surface area contributed by atoms with E-state index in [4.69, 9.17) is 16.0 Å². The zero-order valence-corrected chi connectivity index (χ0v) is 12.1. The maximum atomic E-state index is 12.0. The SMILES string of the molecule is O=C(NCC(O)c1ccc(Cl)cc1)C1CC1c1ccco1. The number of hydrogen-bond donors (Lipinski definition) is 2. The number of aliphatic hydroxyl groups is 1. The molecular formula is C16H16ClNO3. The fourth-order valence-electron chi connectivity index (χ4n) is 2.43. The quantitative estimate of drug-likeness (QED) is 0.893. The maximum absolute atomic E-state index is 12.0. The molecule has 1 heterocycles. The van der Waals surface area contributed by atoms with Crippen molar-refractivity contribution in [2.45, 2.75) is 18.4 Å². The Morgan fingerprint density at radius 3 is 2.81 bits per heavy atom. The maximum Gasteiger partial charge on any atom is 0.223 e. The summed E-state index contributed by atoms with van der Waals surface area (Å²) in [6.45, 7) is 0.196. The Morgan fingerprint density at radius 2 is 2.14 bits per heavy atom. The van der Waals surface area contributed by atoms with Crippen LogP contribution in [0.2, 0.25) is 5.02 Å². The van der Waals surface area contributed by atoms with E-state index >= 15 is 0 Å². The molecule has 0 spiro atoms. The van der Waals surface area contributed by atoms with E-state index in [2.05, 4.69) is 5.32 Å². The number of furan rings is 1. The smallest absolute Gasteiger partial charge is 0.223 e. The van der Waals surface area contributed by atoms with Crippen LogP contribution in [-0.2, 0) is 4.79 Å². The molecule has 5 heteroatoms. The van der Waals surface area contributed by atoms with Crippen molar-refractivity contribution >= 4 is 17.5 Å². The zero-order chi connectivity index (χ0) is 14.8. The summed E-state index contributed by atoms with van der Waals surface area (Å²) in [5.74, 6) is 0.944. The lowest BCUT2D eigenvalue weighted by molar-refractivity contribution is -0.122. The molecule has 2 aromatic rings. The average molecular weight is 306 g/mol. The first-order valence-corrected chi connectivity index (χ1v) is 7.27. The van der Waals surface area contributed by atoms with Crippen molar-refractivity contribution in [3.63, 3.8) is 0 Å². The summed E-state index contributed by atoms with van der Waals surface area (Å²) < 4.78 is 5.30. The number of carbonyl (C=O) groups excluding carboxylic acids is 1. The van der Waals surface area contributed by atoms with Gasteiger partial charge >= 0.3 is 0 Å². The highest BCUT2D eigenvalue weighted by atomic mass is 35.5. The van der Waals surface area contributed by atoms with Crippen LogP contribution in [0.15, 0.2) is 47.1 Å². The van der Waals surface area contributed by atoms with Crippen molar-refractivity contribution in [2.24, 2.45) is 5.92 Å². The van der Waals surface area contributed by atoms with E-state index in [1.54, 1.807) is 30.5 Å². The molecule has 1 aliphatic rings. The summed E-state index contributed by atoms with van der Waals surface area (Å²) in [4.78, 5) is 12.0. The minimum atomic E-state index is -0.730. The van der Waals surface area contributed by atoms with Gasteiger partial charge in [0.1, 0.15) is 5.76 Å². The second-order valence-electron chi connectivity index (χ2n) is 5.28. The Kier molecular flexibility index (Phi) is 3.99. The normalized spacial score (nSPS) is 21.8. The average Bonchev–Trinajstić information content (AvgIpc) is 3.11. The van der Waals surface area contributed by atoms with Crippen molar-refractivity contribution in [1.82, 2.24) is 5.32 Å². The van der Waals surface area contributed by atoms with E-state index < -0.39 is 6.10 Å². The Balaban J connectivity index is 1.49. The van der Waals surface area contributed by atoms with Crippen LogP contribution >= 0.6 is 11.6 Å². The van der Waals surface area contributed by atoms with Gasteiger partial charge in [-0.05, 0) is 36.2 Å². The second-order valence-corrected chi connectivity index (χ2v) is 5.71. The number of benzene rings is 1. The number of carbonyl (C=O) groups is 1. The minimum absolute atomic E-state index is 0.0376. The molecule has 3 rings (SSSR count). The van der Waals surface area contributed by atoms with Gasteiger partial charge in [-0.3, -0.25) is 4.79 Å². The standard InChI is InChI=1S/C16H16ClNO3/c17-11-5-3-10(4-6-11)14(19)9-18-16(20)13-8-12(13)15-2-1-7-21-15/h1-7,12-14,19H,8-9H2,(H,18,20). The summed E-state index contributed by atoms with van der Waals surface area (Å²) >= 11 is 5.80. The van der Waals surface area contributed by atoms with Gasteiger partial charge in [0.15, 0.2) is 0 Å². The predicted molar refractivity (Wildman–Crippen MR) is 79.0 cm³/mol. The fourth-order valence-corrected chi connectivity index (χ4v) is 2.56. The zero-order valence-electron chi connectivity index (χ0n) is 11.3. The highest BCUT2D eigenvalue weighted by molar-refractivity contribution is 6.30. The summed E-state index contributed by atoms with van der Waals surface area (Å²) in [5, 5.41) is 13.4. The first-order chi connectivity index (χ1) is 10.1. The number of aliphatic hydroxyl groups excluding tert-OH is 1. The molecule has 1 fully saturated rings. The Bertz CT molecular complexity index is 609. The van der Waals surface area contributed by atoms with Gasteiger partial charge in [-0.25, -0.2) is 0 Å². The van der Waals surface area contributed by atoms with Gasteiger partial charge in [0.2, 0.25) is 5.91 Å². The van der Waals surface area contributed by atoms with Crippen LogP contribution in [0.1, 0.15) is 29.8 Å². The van der Waals surface area contributed by atoms with Crippen LogP contribution in [0, 0.1) is 5.92 Å². The van der Waals surface area contributed by atoms with Crippen molar-refractivity contribution in [3.8, 4) is 0 Å². The molecule has 1 amide bonds. The molecule has 4 nitrogen and oxygen atoms in total. The third-order valence-corrected chi connectivity index (χ3v) is 4.01. The number of amides is 1. The van der Waals surface area contributed by atoms with Crippen molar-refractivity contribution in [3.05, 3.63) is 59.0 Å². The van der Waals surface area contributed by atoms with Crippen LogP contribution in [0.5, 0.6) is 0 Å². The topological polar surface area (TPSA) is 62.5 Å². The predicted octanol–water partition coefficient (Wildman–Crippen LogP) is 2.89. The van der Waals surface area contributed by atoms with Crippen LogP contribution in [0.25, 0.3) is 0 Å². The van der Waals surface area contributed by atoms with E-state index in [-0.39, 0.29) is 24.3 Å². The number of rotatable bonds is 5. The second kappa shape index (κ2) is 5.92. The van der Waals surface area contributed by atoms with E-state index in [1.165, 1.54) is 0 Å². The Morgan fingerprint density at radius 1 is 1.38 bits per heavy atom.